The van der Waals surface area contributed by atoms with Crippen molar-refractivity contribution in [1.82, 2.24) is 0 Å². The molecule has 0 radical (unpaired) electrons. The molecule has 0 bridgehead atoms. The summed E-state index contributed by atoms with van der Waals surface area (Å²) in [5, 5.41) is 0. The SMILES string of the molecule is CCOC(=O)C(=[N+]=[N-])C(=O)c1cc(F)c(F)c(F)c1F. The van der Waals surface area contributed by atoms with Crippen LogP contribution in [-0.2, 0) is 9.53 Å². The Morgan fingerprint density at radius 3 is 2.30 bits per heavy atom. The molecular weight excluding hydrogens is 284 g/mol. The van der Waals surface area contributed by atoms with Crippen LogP contribution in [0.1, 0.15) is 17.3 Å². The number of hydrogen-bond donors (Lipinski definition) is 0. The summed E-state index contributed by atoms with van der Waals surface area (Å²) < 4.78 is 56.3. The van der Waals surface area contributed by atoms with E-state index in [-0.39, 0.29) is 12.7 Å². The van der Waals surface area contributed by atoms with Gasteiger partial charge in [0.25, 0.3) is 5.78 Å². The topological polar surface area (TPSA) is 79.8 Å². The van der Waals surface area contributed by atoms with Crippen LogP contribution in [0.2, 0.25) is 0 Å². The zero-order valence-electron chi connectivity index (χ0n) is 9.92. The van der Waals surface area contributed by atoms with Crippen LogP contribution in [-0.4, -0.2) is 28.9 Å². The van der Waals surface area contributed by atoms with E-state index in [1.165, 1.54) is 6.92 Å². The standard InChI is InChI=1S/C11H6F4N2O3/c1-2-20-11(19)9(17-16)10(18)4-3-5(12)7(14)8(15)6(4)13/h3H,2H2,1H3. The van der Waals surface area contributed by atoms with Gasteiger partial charge in [0.05, 0.1) is 12.2 Å². The van der Waals surface area contributed by atoms with Gasteiger partial charge in [-0.15, -0.1) is 0 Å². The maximum Gasteiger partial charge on any atom is 0.446 e. The molecule has 20 heavy (non-hydrogen) atoms. The van der Waals surface area contributed by atoms with Crippen LogP contribution in [0, 0.1) is 23.3 Å². The molecule has 0 spiro atoms. The van der Waals surface area contributed by atoms with Gasteiger partial charge in [-0.2, -0.15) is 4.79 Å². The molecule has 106 valence electrons. The highest BCUT2D eigenvalue weighted by molar-refractivity contribution is 6.65. The fourth-order valence-corrected chi connectivity index (χ4v) is 1.24. The monoisotopic (exact) mass is 290 g/mol. The first-order valence-corrected chi connectivity index (χ1v) is 5.12. The molecule has 0 aliphatic rings. The molecule has 0 atom stereocenters. The first-order valence-electron chi connectivity index (χ1n) is 5.12. The summed E-state index contributed by atoms with van der Waals surface area (Å²) in [6.45, 7) is 1.18. The number of carbonyl (C=O) groups excluding carboxylic acids is 2. The van der Waals surface area contributed by atoms with Crippen molar-refractivity contribution in [3.05, 3.63) is 40.4 Å². The van der Waals surface area contributed by atoms with E-state index in [4.69, 9.17) is 5.53 Å². The highest BCUT2D eigenvalue weighted by atomic mass is 19.2. The van der Waals surface area contributed by atoms with Crippen molar-refractivity contribution < 1.29 is 36.7 Å². The largest absolute Gasteiger partial charge is 0.457 e. The molecule has 0 heterocycles. The molecule has 0 aliphatic heterocycles. The lowest BCUT2D eigenvalue weighted by molar-refractivity contribution is -0.139. The van der Waals surface area contributed by atoms with Gasteiger partial charge in [0, 0.05) is 0 Å². The van der Waals surface area contributed by atoms with E-state index in [9.17, 15) is 27.2 Å². The quantitative estimate of drug-likeness (QED) is 0.0973. The first kappa shape index (κ1) is 15.5. The number of hydrogen-bond acceptors (Lipinski definition) is 3. The summed E-state index contributed by atoms with van der Waals surface area (Å²) in [4.78, 5) is 25.2. The number of rotatable bonds is 4. The Balaban J connectivity index is 3.35. The normalized spacial score (nSPS) is 9.85. The molecule has 0 aliphatic carbocycles. The second kappa shape index (κ2) is 6.07. The zero-order chi connectivity index (χ0) is 15.4. The number of Topliss-reactive ketones (excluding diaryl/α,β-unsaturated/α-hetero) is 1. The highest BCUT2D eigenvalue weighted by Gasteiger charge is 2.36. The third kappa shape index (κ3) is 2.72. The maximum atomic E-state index is 13.3. The molecule has 0 saturated heterocycles. The van der Waals surface area contributed by atoms with Gasteiger partial charge in [-0.3, -0.25) is 4.79 Å². The average molecular weight is 290 g/mol. The van der Waals surface area contributed by atoms with Crippen molar-refractivity contribution in [2.75, 3.05) is 6.61 Å². The van der Waals surface area contributed by atoms with Gasteiger partial charge >= 0.3 is 11.7 Å². The lowest BCUT2D eigenvalue weighted by Gasteiger charge is -2.02. The molecular formula is C11H6F4N2O3. The maximum absolute atomic E-state index is 13.3. The lowest BCUT2D eigenvalue weighted by atomic mass is 10.1. The number of ether oxygens (including phenoxy) is 1. The fourth-order valence-electron chi connectivity index (χ4n) is 1.24. The molecule has 0 amide bonds. The zero-order valence-corrected chi connectivity index (χ0v) is 9.92. The van der Waals surface area contributed by atoms with Crippen LogP contribution in [0.25, 0.3) is 5.53 Å². The van der Waals surface area contributed by atoms with E-state index in [1.807, 2.05) is 0 Å². The molecule has 0 N–H and O–H groups in total. The van der Waals surface area contributed by atoms with Crippen molar-refractivity contribution in [2.24, 2.45) is 0 Å². The van der Waals surface area contributed by atoms with Crippen molar-refractivity contribution in [3.8, 4) is 0 Å². The van der Waals surface area contributed by atoms with Gasteiger partial charge in [0.2, 0.25) is 0 Å². The lowest BCUT2D eigenvalue weighted by Crippen LogP contribution is -2.28. The van der Waals surface area contributed by atoms with E-state index >= 15 is 0 Å². The third-order valence-electron chi connectivity index (χ3n) is 2.13. The van der Waals surface area contributed by atoms with E-state index in [0.29, 0.717) is 0 Å². The molecule has 9 heteroatoms. The number of carbonyl (C=O) groups is 2. The summed E-state index contributed by atoms with van der Waals surface area (Å²) in [7, 11) is 0. The van der Waals surface area contributed by atoms with Crippen molar-refractivity contribution in [2.45, 2.75) is 6.92 Å². The minimum absolute atomic E-state index is 0.0421. The number of halogens is 4. The summed E-state index contributed by atoms with van der Waals surface area (Å²) in [6.07, 6.45) is 0. The molecule has 0 saturated carbocycles. The molecule has 1 rings (SSSR count). The van der Waals surface area contributed by atoms with Crippen molar-refractivity contribution in [1.29, 1.82) is 0 Å². The summed E-state index contributed by atoms with van der Waals surface area (Å²) in [6, 6.07) is 0.0421. The summed E-state index contributed by atoms with van der Waals surface area (Å²) in [5.41, 5.74) is 5.92. The Bertz CT molecular complexity index is 639. The second-order valence-electron chi connectivity index (χ2n) is 3.35. The molecule has 0 unspecified atom stereocenters. The first-order chi connectivity index (χ1) is 9.34. The van der Waals surface area contributed by atoms with E-state index in [1.54, 1.807) is 0 Å². The van der Waals surface area contributed by atoms with E-state index in [2.05, 4.69) is 9.53 Å². The van der Waals surface area contributed by atoms with Crippen LogP contribution in [0.4, 0.5) is 17.6 Å². The summed E-state index contributed by atoms with van der Waals surface area (Å²) >= 11 is 0. The predicted octanol–water partition coefficient (Wildman–Crippen LogP) is 1.66. The Kier molecular flexibility index (Phi) is 4.71. The van der Waals surface area contributed by atoms with Crippen LogP contribution < -0.4 is 0 Å². The average Bonchev–Trinajstić information content (AvgIpc) is 2.41. The van der Waals surface area contributed by atoms with Crippen LogP contribution in [0.15, 0.2) is 6.07 Å². The number of benzene rings is 1. The molecule has 5 nitrogen and oxygen atoms in total. The van der Waals surface area contributed by atoms with Gasteiger partial charge in [-0.05, 0) is 13.0 Å². The number of nitrogens with zero attached hydrogens (tertiary/aromatic N) is 2. The number of ketones is 1. The minimum Gasteiger partial charge on any atom is -0.457 e. The van der Waals surface area contributed by atoms with E-state index in [0.717, 1.165) is 0 Å². The molecule has 1 aromatic carbocycles. The van der Waals surface area contributed by atoms with Gasteiger partial charge in [0.15, 0.2) is 23.3 Å². The van der Waals surface area contributed by atoms with Gasteiger partial charge < -0.3 is 10.3 Å². The van der Waals surface area contributed by atoms with Gasteiger partial charge in [0.1, 0.15) is 0 Å². The van der Waals surface area contributed by atoms with Crippen LogP contribution in [0.5, 0.6) is 0 Å². The molecule has 0 aromatic heterocycles. The van der Waals surface area contributed by atoms with Crippen LogP contribution >= 0.6 is 0 Å². The Hall–Kier alpha value is -2.54. The van der Waals surface area contributed by atoms with Crippen molar-refractivity contribution in [3.63, 3.8) is 0 Å². The summed E-state index contributed by atoms with van der Waals surface area (Å²) in [5.74, 6) is -11.3. The Morgan fingerprint density at radius 2 is 1.80 bits per heavy atom. The Labute approximate surface area is 109 Å². The third-order valence-corrected chi connectivity index (χ3v) is 2.13. The van der Waals surface area contributed by atoms with Crippen molar-refractivity contribution >= 4 is 17.5 Å². The minimum atomic E-state index is -2.23. The molecule has 1 aromatic rings. The Morgan fingerprint density at radius 1 is 1.20 bits per heavy atom. The van der Waals surface area contributed by atoms with Crippen LogP contribution in [0.3, 0.4) is 0 Å². The fraction of sp³-hybridized carbons (Fsp3) is 0.182. The highest BCUT2D eigenvalue weighted by Crippen LogP contribution is 2.19. The van der Waals surface area contributed by atoms with Gasteiger partial charge in [-0.25, -0.2) is 22.4 Å². The predicted molar refractivity (Wildman–Crippen MR) is 55.9 cm³/mol. The second-order valence-corrected chi connectivity index (χ2v) is 3.35. The molecule has 0 fully saturated rings. The number of esters is 1. The van der Waals surface area contributed by atoms with Gasteiger partial charge in [-0.1, -0.05) is 0 Å². The van der Waals surface area contributed by atoms with E-state index < -0.39 is 46.3 Å². The smallest absolute Gasteiger partial charge is 0.446 e.